The van der Waals surface area contributed by atoms with Crippen LogP contribution in [0.1, 0.15) is 46.7 Å². The van der Waals surface area contributed by atoms with Crippen LogP contribution in [0, 0.1) is 12.7 Å². The lowest BCUT2D eigenvalue weighted by Crippen LogP contribution is -2.54. The zero-order valence-electron chi connectivity index (χ0n) is 19.1. The first-order chi connectivity index (χ1) is 16.0. The van der Waals surface area contributed by atoms with Crippen LogP contribution in [0.3, 0.4) is 0 Å². The number of aromatic nitrogens is 2. The highest BCUT2D eigenvalue weighted by Crippen LogP contribution is 2.42. The number of halogens is 1. The van der Waals surface area contributed by atoms with Crippen LogP contribution in [-0.2, 0) is 26.5 Å². The van der Waals surface area contributed by atoms with Gasteiger partial charge in [-0.25, -0.2) is 17.8 Å². The van der Waals surface area contributed by atoms with Crippen molar-refractivity contribution in [1.29, 1.82) is 0 Å². The number of Topliss-reactive ketones (excluding diaryl/α,β-unsaturated/α-hetero) is 1. The van der Waals surface area contributed by atoms with Gasteiger partial charge in [-0.3, -0.25) is 14.8 Å². The van der Waals surface area contributed by atoms with E-state index in [2.05, 4.69) is 15.0 Å². The van der Waals surface area contributed by atoms with Crippen molar-refractivity contribution in [3.05, 3.63) is 94.8 Å². The number of ketones is 1. The zero-order chi connectivity index (χ0) is 24.7. The highest BCUT2D eigenvalue weighted by atomic mass is 32.2. The Morgan fingerprint density at radius 3 is 2.41 bits per heavy atom. The van der Waals surface area contributed by atoms with E-state index in [1.807, 2.05) is 0 Å². The molecule has 1 aromatic heterocycles. The molecule has 0 saturated heterocycles. The van der Waals surface area contributed by atoms with Crippen LogP contribution in [0.25, 0.3) is 0 Å². The molecule has 2 N–H and O–H groups in total. The Morgan fingerprint density at radius 1 is 1.09 bits per heavy atom. The second kappa shape index (κ2) is 8.39. The van der Waals surface area contributed by atoms with Crippen molar-refractivity contribution in [3.63, 3.8) is 0 Å². The van der Waals surface area contributed by atoms with Crippen molar-refractivity contribution < 1.29 is 17.6 Å². The number of amidine groups is 1. The third-order valence-corrected chi connectivity index (χ3v) is 8.95. The topological polar surface area (TPSA) is 115 Å². The standard InChI is InChI=1S/C25H25FN4O3S/c1-16-13-29-21(14-28-16)22(31)12-17-9-10-20(26)19(11-17)24(2)15-34(32,33)25(3,23(27)30-24)18-7-5-4-6-8-18/h4-11,13-14H,12,15H2,1-3H3,(H2,27,30)/t24-,25-/m0/s1. The van der Waals surface area contributed by atoms with E-state index in [9.17, 15) is 17.6 Å². The third kappa shape index (κ3) is 4.00. The highest BCUT2D eigenvalue weighted by Gasteiger charge is 2.53. The first kappa shape index (κ1) is 23.7. The molecule has 0 saturated carbocycles. The smallest absolute Gasteiger partial charge is 0.187 e. The third-order valence-electron chi connectivity index (χ3n) is 6.32. The Morgan fingerprint density at radius 2 is 1.79 bits per heavy atom. The van der Waals surface area contributed by atoms with Crippen LogP contribution in [0.4, 0.5) is 4.39 Å². The van der Waals surface area contributed by atoms with E-state index in [0.717, 1.165) is 0 Å². The van der Waals surface area contributed by atoms with Crippen molar-refractivity contribution in [2.45, 2.75) is 37.5 Å². The van der Waals surface area contributed by atoms with E-state index >= 15 is 0 Å². The van der Waals surface area contributed by atoms with E-state index in [1.165, 1.54) is 44.4 Å². The van der Waals surface area contributed by atoms with Crippen molar-refractivity contribution in [3.8, 4) is 0 Å². The number of hydrogen-bond donors (Lipinski definition) is 1. The van der Waals surface area contributed by atoms with Crippen molar-refractivity contribution in [1.82, 2.24) is 9.97 Å². The van der Waals surface area contributed by atoms with Crippen molar-refractivity contribution in [2.75, 3.05) is 5.75 Å². The van der Waals surface area contributed by atoms with E-state index in [1.54, 1.807) is 37.3 Å². The molecule has 0 spiro atoms. The number of carbonyl (C=O) groups is 1. The summed E-state index contributed by atoms with van der Waals surface area (Å²) >= 11 is 0. The van der Waals surface area contributed by atoms with Gasteiger partial charge in [-0.1, -0.05) is 36.4 Å². The number of rotatable bonds is 5. The molecule has 4 rings (SSSR count). The lowest BCUT2D eigenvalue weighted by atomic mass is 9.90. The maximum Gasteiger partial charge on any atom is 0.187 e. The Balaban J connectivity index is 1.73. The summed E-state index contributed by atoms with van der Waals surface area (Å²) in [5.41, 5.74) is 6.77. The van der Waals surface area contributed by atoms with E-state index in [0.29, 0.717) is 16.8 Å². The largest absolute Gasteiger partial charge is 0.386 e. The van der Waals surface area contributed by atoms with Gasteiger partial charge >= 0.3 is 0 Å². The molecule has 1 aliphatic rings. The van der Waals surface area contributed by atoms with Gasteiger partial charge < -0.3 is 5.73 Å². The molecule has 3 aromatic rings. The maximum absolute atomic E-state index is 15.0. The summed E-state index contributed by atoms with van der Waals surface area (Å²) in [6, 6.07) is 12.8. The maximum atomic E-state index is 15.0. The van der Waals surface area contributed by atoms with Gasteiger partial charge in [0.2, 0.25) is 0 Å². The molecular formula is C25H25FN4O3S. The van der Waals surface area contributed by atoms with Crippen LogP contribution in [0.5, 0.6) is 0 Å². The van der Waals surface area contributed by atoms with Crippen molar-refractivity contribution >= 4 is 21.5 Å². The van der Waals surface area contributed by atoms with Gasteiger partial charge in [-0.2, -0.15) is 0 Å². The summed E-state index contributed by atoms with van der Waals surface area (Å²) in [5.74, 6) is -1.46. The van der Waals surface area contributed by atoms with Gasteiger partial charge in [0.1, 0.15) is 22.9 Å². The first-order valence-corrected chi connectivity index (χ1v) is 12.4. The zero-order valence-corrected chi connectivity index (χ0v) is 19.9. The van der Waals surface area contributed by atoms with Crippen LogP contribution in [0.2, 0.25) is 0 Å². The molecule has 0 unspecified atom stereocenters. The number of carbonyl (C=O) groups excluding carboxylic acids is 1. The van der Waals surface area contributed by atoms with Gasteiger partial charge in [-0.05, 0) is 44.0 Å². The average molecular weight is 481 g/mol. The molecule has 176 valence electrons. The van der Waals surface area contributed by atoms with Gasteiger partial charge in [0.05, 0.1) is 17.6 Å². The number of nitrogens with two attached hydrogens (primary N) is 1. The minimum Gasteiger partial charge on any atom is -0.386 e. The molecule has 1 aliphatic heterocycles. The molecule has 2 aromatic carbocycles. The number of nitrogens with zero attached hydrogens (tertiary/aromatic N) is 3. The molecule has 0 radical (unpaired) electrons. The van der Waals surface area contributed by atoms with Crippen LogP contribution in [-0.4, -0.2) is 35.8 Å². The Labute approximate surface area is 197 Å². The summed E-state index contributed by atoms with van der Waals surface area (Å²) in [7, 11) is -3.89. The Bertz CT molecular complexity index is 1390. The molecule has 9 heteroatoms. The number of aliphatic imine (C=N–C) groups is 1. The molecule has 0 bridgehead atoms. The predicted molar refractivity (Wildman–Crippen MR) is 128 cm³/mol. The number of sulfone groups is 1. The second-order valence-electron chi connectivity index (χ2n) is 8.89. The minimum absolute atomic E-state index is 0.0468. The normalized spacial score (nSPS) is 23.8. The summed E-state index contributed by atoms with van der Waals surface area (Å²) in [6.45, 7) is 4.82. The summed E-state index contributed by atoms with van der Waals surface area (Å²) in [4.78, 5) is 25.3. The lowest BCUT2D eigenvalue weighted by Gasteiger charge is -2.40. The van der Waals surface area contributed by atoms with Crippen LogP contribution >= 0.6 is 0 Å². The van der Waals surface area contributed by atoms with E-state index in [-0.39, 0.29) is 29.3 Å². The average Bonchev–Trinajstić information content (AvgIpc) is 2.79. The molecule has 2 atom stereocenters. The molecule has 2 heterocycles. The number of aryl methyl sites for hydroxylation is 1. The highest BCUT2D eigenvalue weighted by molar-refractivity contribution is 7.93. The Kier molecular flexibility index (Phi) is 5.85. The van der Waals surface area contributed by atoms with E-state index in [4.69, 9.17) is 5.73 Å². The fraction of sp³-hybridized carbons (Fsp3) is 0.280. The molecule has 0 aliphatic carbocycles. The van der Waals surface area contributed by atoms with Gasteiger partial charge in [-0.15, -0.1) is 0 Å². The summed E-state index contributed by atoms with van der Waals surface area (Å²) < 4.78 is 40.5. The fourth-order valence-corrected chi connectivity index (χ4v) is 6.32. The molecule has 34 heavy (non-hydrogen) atoms. The van der Waals surface area contributed by atoms with Crippen LogP contribution < -0.4 is 5.73 Å². The summed E-state index contributed by atoms with van der Waals surface area (Å²) in [6.07, 6.45) is 2.85. The SMILES string of the molecule is Cc1cnc(C(=O)Cc2ccc(F)c([C@]3(C)CS(=O)(=O)[C@@](C)(c4ccccc4)C(N)=N3)c2)cn1. The molecule has 0 fully saturated rings. The Hall–Kier alpha value is -3.46. The minimum atomic E-state index is -3.89. The molecule has 7 nitrogen and oxygen atoms in total. The van der Waals surface area contributed by atoms with Crippen LogP contribution in [0.15, 0.2) is 65.9 Å². The second-order valence-corrected chi connectivity index (χ2v) is 11.2. The van der Waals surface area contributed by atoms with Gasteiger partial charge in [0.25, 0.3) is 0 Å². The summed E-state index contributed by atoms with van der Waals surface area (Å²) in [5, 5.41) is 0. The predicted octanol–water partition coefficient (Wildman–Crippen LogP) is 3.27. The van der Waals surface area contributed by atoms with E-state index < -0.39 is 31.7 Å². The first-order valence-electron chi connectivity index (χ1n) is 10.7. The molecule has 0 amide bonds. The van der Waals surface area contributed by atoms with Crippen molar-refractivity contribution in [2.24, 2.45) is 10.7 Å². The quantitative estimate of drug-likeness (QED) is 0.561. The van der Waals surface area contributed by atoms with Gasteiger partial charge in [0, 0.05) is 18.2 Å². The fourth-order valence-electron chi connectivity index (χ4n) is 4.21. The number of hydrogen-bond acceptors (Lipinski definition) is 7. The number of benzene rings is 2. The van der Waals surface area contributed by atoms with Gasteiger partial charge in [0.15, 0.2) is 20.4 Å². The monoisotopic (exact) mass is 480 g/mol. The molecular weight excluding hydrogens is 455 g/mol. The lowest BCUT2D eigenvalue weighted by molar-refractivity contribution is 0.0987.